The lowest BCUT2D eigenvalue weighted by atomic mass is 9.74. The van der Waals surface area contributed by atoms with Crippen LogP contribution >= 0.6 is 0 Å². The number of aromatic nitrogens is 3. The number of aryl methyl sites for hydroxylation is 1. The summed E-state index contributed by atoms with van der Waals surface area (Å²) in [7, 11) is 2.23. The van der Waals surface area contributed by atoms with Gasteiger partial charge in [0, 0.05) is 37.8 Å². The SMILES string of the molecule is Cc1nc2ccc(-c3cc(=O)n4cc(C5CC[C@H]6CN(C)C[C@H]6C5)ccc4n3)cc2o1. The molecule has 1 aromatic carbocycles. The van der Waals surface area contributed by atoms with Gasteiger partial charge in [0.2, 0.25) is 0 Å². The first-order chi connectivity index (χ1) is 15.0. The molecule has 0 spiro atoms. The van der Waals surface area contributed by atoms with Crippen LogP contribution < -0.4 is 5.56 Å². The minimum atomic E-state index is -0.0509. The second-order valence-corrected chi connectivity index (χ2v) is 9.34. The molecule has 2 fully saturated rings. The Kier molecular flexibility index (Phi) is 4.25. The van der Waals surface area contributed by atoms with Gasteiger partial charge in [0.15, 0.2) is 11.5 Å². The Hall–Kier alpha value is -2.99. The molecule has 3 aromatic heterocycles. The van der Waals surface area contributed by atoms with Gasteiger partial charge in [0.25, 0.3) is 5.56 Å². The third-order valence-corrected chi connectivity index (χ3v) is 7.18. The molecule has 158 valence electrons. The average molecular weight is 415 g/mol. The molecule has 1 saturated heterocycles. The van der Waals surface area contributed by atoms with Gasteiger partial charge in [-0.05, 0) is 67.8 Å². The quantitative estimate of drug-likeness (QED) is 0.491. The van der Waals surface area contributed by atoms with E-state index in [2.05, 4.69) is 23.0 Å². The van der Waals surface area contributed by atoms with Crippen molar-refractivity contribution in [3.05, 3.63) is 64.4 Å². The van der Waals surface area contributed by atoms with E-state index in [9.17, 15) is 4.79 Å². The maximum atomic E-state index is 13.0. The number of nitrogens with zero attached hydrogens (tertiary/aromatic N) is 4. The molecule has 6 rings (SSSR count). The molecular weight excluding hydrogens is 388 g/mol. The Morgan fingerprint density at radius 2 is 1.90 bits per heavy atom. The number of oxazole rings is 1. The van der Waals surface area contributed by atoms with E-state index in [1.807, 2.05) is 37.4 Å². The monoisotopic (exact) mass is 414 g/mol. The Balaban J connectivity index is 1.34. The molecule has 0 radical (unpaired) electrons. The molecule has 1 unspecified atom stereocenters. The van der Waals surface area contributed by atoms with E-state index in [1.165, 1.54) is 37.9 Å². The Morgan fingerprint density at radius 3 is 2.81 bits per heavy atom. The van der Waals surface area contributed by atoms with Crippen molar-refractivity contribution in [1.29, 1.82) is 0 Å². The fourth-order valence-electron chi connectivity index (χ4n) is 5.68. The maximum Gasteiger partial charge on any atom is 0.258 e. The van der Waals surface area contributed by atoms with E-state index in [1.54, 1.807) is 10.5 Å². The second kappa shape index (κ2) is 7.02. The summed E-state index contributed by atoms with van der Waals surface area (Å²) in [6, 6.07) is 11.5. The topological polar surface area (TPSA) is 63.6 Å². The highest BCUT2D eigenvalue weighted by molar-refractivity contribution is 5.79. The van der Waals surface area contributed by atoms with E-state index in [0.717, 1.165) is 22.9 Å². The van der Waals surface area contributed by atoms with Crippen LogP contribution in [0.25, 0.3) is 28.0 Å². The van der Waals surface area contributed by atoms with Crippen LogP contribution in [0.3, 0.4) is 0 Å². The maximum absolute atomic E-state index is 13.0. The van der Waals surface area contributed by atoms with Gasteiger partial charge in [-0.1, -0.05) is 12.1 Å². The van der Waals surface area contributed by atoms with Gasteiger partial charge >= 0.3 is 0 Å². The molecule has 1 aliphatic carbocycles. The van der Waals surface area contributed by atoms with Crippen molar-refractivity contribution in [3.63, 3.8) is 0 Å². The summed E-state index contributed by atoms with van der Waals surface area (Å²) < 4.78 is 7.34. The van der Waals surface area contributed by atoms with Crippen LogP contribution in [0.5, 0.6) is 0 Å². The molecule has 3 atom stereocenters. The molecule has 2 aliphatic rings. The summed E-state index contributed by atoms with van der Waals surface area (Å²) >= 11 is 0. The number of likely N-dealkylation sites (tertiary alicyclic amines) is 1. The molecule has 1 aliphatic heterocycles. The van der Waals surface area contributed by atoms with E-state index in [0.29, 0.717) is 28.7 Å². The van der Waals surface area contributed by atoms with Crippen LogP contribution in [-0.4, -0.2) is 39.4 Å². The van der Waals surface area contributed by atoms with E-state index < -0.39 is 0 Å². The van der Waals surface area contributed by atoms with Gasteiger partial charge in [-0.2, -0.15) is 0 Å². The molecule has 0 N–H and O–H groups in total. The molecule has 6 nitrogen and oxygen atoms in total. The van der Waals surface area contributed by atoms with E-state index in [4.69, 9.17) is 9.40 Å². The average Bonchev–Trinajstić information content (AvgIpc) is 3.32. The highest BCUT2D eigenvalue weighted by Crippen LogP contribution is 2.42. The van der Waals surface area contributed by atoms with Gasteiger partial charge in [-0.15, -0.1) is 0 Å². The third kappa shape index (κ3) is 3.26. The van der Waals surface area contributed by atoms with Crippen molar-refractivity contribution >= 4 is 16.7 Å². The predicted octanol–water partition coefficient (Wildman–Crippen LogP) is 4.26. The summed E-state index contributed by atoms with van der Waals surface area (Å²) in [5.74, 6) is 2.79. The fourth-order valence-corrected chi connectivity index (χ4v) is 5.68. The van der Waals surface area contributed by atoms with Crippen LogP contribution in [0, 0.1) is 18.8 Å². The van der Waals surface area contributed by atoms with Crippen molar-refractivity contribution in [2.75, 3.05) is 20.1 Å². The van der Waals surface area contributed by atoms with Gasteiger partial charge < -0.3 is 9.32 Å². The van der Waals surface area contributed by atoms with Crippen molar-refractivity contribution in [2.24, 2.45) is 11.8 Å². The molecule has 4 aromatic rings. The van der Waals surface area contributed by atoms with Crippen molar-refractivity contribution in [1.82, 2.24) is 19.3 Å². The summed E-state index contributed by atoms with van der Waals surface area (Å²) in [6.07, 6.45) is 5.73. The normalized spacial score (nSPS) is 24.1. The summed E-state index contributed by atoms with van der Waals surface area (Å²) in [5, 5.41) is 0. The number of fused-ring (bicyclic) bond motifs is 3. The smallest absolute Gasteiger partial charge is 0.258 e. The van der Waals surface area contributed by atoms with Crippen LogP contribution in [0.15, 0.2) is 51.8 Å². The summed E-state index contributed by atoms with van der Waals surface area (Å²) in [5.41, 5.74) is 4.92. The number of hydrogen-bond acceptors (Lipinski definition) is 5. The lowest BCUT2D eigenvalue weighted by Gasteiger charge is -2.31. The first-order valence-electron chi connectivity index (χ1n) is 11.1. The zero-order valence-corrected chi connectivity index (χ0v) is 17.9. The Morgan fingerprint density at radius 1 is 1.03 bits per heavy atom. The first kappa shape index (κ1) is 18.8. The number of benzene rings is 1. The molecule has 0 bridgehead atoms. The zero-order chi connectivity index (χ0) is 21.1. The highest BCUT2D eigenvalue weighted by atomic mass is 16.3. The minimum Gasteiger partial charge on any atom is -0.441 e. The Labute approximate surface area is 180 Å². The largest absolute Gasteiger partial charge is 0.441 e. The zero-order valence-electron chi connectivity index (χ0n) is 17.9. The number of hydrogen-bond donors (Lipinski definition) is 0. The molecule has 1 saturated carbocycles. The molecule has 6 heteroatoms. The predicted molar refractivity (Wildman–Crippen MR) is 120 cm³/mol. The standard InChI is InChI=1S/C25H26N4O2/c1-15-26-21-7-5-17(10-23(21)31-15)22-11-25(30)29-14-19(6-8-24(29)27-22)16-3-4-18-12-28(2)13-20(18)9-16/h5-8,10-11,14,16,18,20H,3-4,9,12-13H2,1-2H3/t16?,18-,20+/m0/s1. The summed E-state index contributed by atoms with van der Waals surface area (Å²) in [6.45, 7) is 4.27. The lowest BCUT2D eigenvalue weighted by molar-refractivity contribution is 0.270. The minimum absolute atomic E-state index is 0.0509. The molecule has 0 amide bonds. The second-order valence-electron chi connectivity index (χ2n) is 9.34. The van der Waals surface area contributed by atoms with Crippen molar-refractivity contribution in [3.8, 4) is 11.3 Å². The van der Waals surface area contributed by atoms with Gasteiger partial charge in [-0.3, -0.25) is 9.20 Å². The van der Waals surface area contributed by atoms with E-state index >= 15 is 0 Å². The van der Waals surface area contributed by atoms with Crippen LogP contribution in [-0.2, 0) is 0 Å². The Bertz CT molecular complexity index is 1350. The fraction of sp³-hybridized carbons (Fsp3) is 0.400. The van der Waals surface area contributed by atoms with Gasteiger partial charge in [-0.25, -0.2) is 9.97 Å². The van der Waals surface area contributed by atoms with Crippen molar-refractivity contribution < 1.29 is 4.42 Å². The summed E-state index contributed by atoms with van der Waals surface area (Å²) in [4.78, 5) is 24.5. The highest BCUT2D eigenvalue weighted by Gasteiger charge is 2.36. The first-order valence-corrected chi connectivity index (χ1v) is 11.1. The van der Waals surface area contributed by atoms with Crippen LogP contribution in [0.1, 0.15) is 36.6 Å². The van der Waals surface area contributed by atoms with Crippen LogP contribution in [0.4, 0.5) is 0 Å². The molecule has 31 heavy (non-hydrogen) atoms. The van der Waals surface area contributed by atoms with Gasteiger partial charge in [0.05, 0.1) is 5.69 Å². The third-order valence-electron chi connectivity index (χ3n) is 7.18. The van der Waals surface area contributed by atoms with E-state index in [-0.39, 0.29) is 5.56 Å². The van der Waals surface area contributed by atoms with Crippen molar-refractivity contribution in [2.45, 2.75) is 32.1 Å². The lowest BCUT2D eigenvalue weighted by Crippen LogP contribution is -2.23. The van der Waals surface area contributed by atoms with Gasteiger partial charge in [0.1, 0.15) is 11.2 Å². The van der Waals surface area contributed by atoms with Crippen LogP contribution in [0.2, 0.25) is 0 Å². The molecular formula is C25H26N4O2. The number of pyridine rings is 1. The molecule has 4 heterocycles. The number of rotatable bonds is 2.